The lowest BCUT2D eigenvalue weighted by molar-refractivity contribution is -0.135. The van der Waals surface area contributed by atoms with Crippen LogP contribution in [0, 0.1) is 0 Å². The predicted molar refractivity (Wildman–Crippen MR) is 91.4 cm³/mol. The van der Waals surface area contributed by atoms with E-state index in [1.54, 1.807) is 24.3 Å². The minimum absolute atomic E-state index is 0.0448. The molecule has 1 amide bonds. The van der Waals surface area contributed by atoms with E-state index >= 15 is 0 Å². The summed E-state index contributed by atoms with van der Waals surface area (Å²) in [6.45, 7) is -0.428. The van der Waals surface area contributed by atoms with Crippen molar-refractivity contribution in [2.45, 2.75) is 19.8 Å². The van der Waals surface area contributed by atoms with Crippen molar-refractivity contribution in [2.24, 2.45) is 0 Å². The number of halogens is 1. The van der Waals surface area contributed by atoms with Gasteiger partial charge in [0.15, 0.2) is 0 Å². The number of aromatic hydroxyl groups is 1. The zero-order valence-electron chi connectivity index (χ0n) is 13.5. The predicted octanol–water partition coefficient (Wildman–Crippen LogP) is 1.10. The van der Waals surface area contributed by atoms with Crippen LogP contribution in [-0.2, 0) is 29.3 Å². The maximum Gasteiger partial charge on any atom is 0.322 e. The SMILES string of the molecule is O=C(O)CNC(=O)c1c(O)c2c(n(Cc3ccccc3Cl)c1=O)COC2. The number of carbonyl (C=O) groups is 2. The van der Waals surface area contributed by atoms with Crippen molar-refractivity contribution in [1.82, 2.24) is 9.88 Å². The largest absolute Gasteiger partial charge is 0.506 e. The number of pyridine rings is 1. The molecule has 8 nitrogen and oxygen atoms in total. The number of aliphatic carboxylic acids is 1. The molecule has 2 heterocycles. The fourth-order valence-electron chi connectivity index (χ4n) is 2.79. The molecule has 0 bridgehead atoms. The average molecular weight is 379 g/mol. The minimum Gasteiger partial charge on any atom is -0.506 e. The van der Waals surface area contributed by atoms with Gasteiger partial charge in [0.1, 0.15) is 17.9 Å². The van der Waals surface area contributed by atoms with E-state index in [2.05, 4.69) is 5.32 Å². The van der Waals surface area contributed by atoms with Crippen LogP contribution in [0.15, 0.2) is 29.1 Å². The van der Waals surface area contributed by atoms with Gasteiger partial charge in [-0.25, -0.2) is 0 Å². The molecule has 9 heteroatoms. The van der Waals surface area contributed by atoms with Crippen LogP contribution in [0.1, 0.15) is 27.2 Å². The molecule has 3 rings (SSSR count). The number of rotatable bonds is 5. The van der Waals surface area contributed by atoms with Gasteiger partial charge in [-0.05, 0) is 11.6 Å². The average Bonchev–Trinajstić information content (AvgIpc) is 3.08. The van der Waals surface area contributed by atoms with Crippen molar-refractivity contribution in [3.05, 3.63) is 62.0 Å². The number of aromatic nitrogens is 1. The normalized spacial score (nSPS) is 12.7. The zero-order chi connectivity index (χ0) is 18.8. The molecule has 0 atom stereocenters. The van der Waals surface area contributed by atoms with Crippen LogP contribution in [0.5, 0.6) is 5.75 Å². The Labute approximate surface area is 152 Å². The number of benzene rings is 1. The molecule has 2 aromatic rings. The van der Waals surface area contributed by atoms with Gasteiger partial charge < -0.3 is 24.8 Å². The van der Waals surface area contributed by atoms with E-state index in [0.29, 0.717) is 21.8 Å². The third-order valence-corrected chi connectivity index (χ3v) is 4.42. The smallest absolute Gasteiger partial charge is 0.322 e. The Bertz CT molecular complexity index is 953. The van der Waals surface area contributed by atoms with Gasteiger partial charge in [0, 0.05) is 10.6 Å². The molecule has 26 heavy (non-hydrogen) atoms. The second kappa shape index (κ2) is 7.19. The lowest BCUT2D eigenvalue weighted by Crippen LogP contribution is -2.37. The molecule has 136 valence electrons. The van der Waals surface area contributed by atoms with Gasteiger partial charge >= 0.3 is 5.97 Å². The lowest BCUT2D eigenvalue weighted by atomic mass is 10.1. The third kappa shape index (κ3) is 3.29. The van der Waals surface area contributed by atoms with Gasteiger partial charge in [0.2, 0.25) is 0 Å². The summed E-state index contributed by atoms with van der Waals surface area (Å²) in [5.74, 6) is -2.71. The number of fused-ring (bicyclic) bond motifs is 1. The number of nitrogens with zero attached hydrogens (tertiary/aromatic N) is 1. The third-order valence-electron chi connectivity index (χ3n) is 4.05. The number of hydrogen-bond donors (Lipinski definition) is 3. The maximum absolute atomic E-state index is 12.8. The highest BCUT2D eigenvalue weighted by Crippen LogP contribution is 2.30. The number of nitrogens with one attached hydrogen (secondary N) is 1. The molecule has 0 saturated heterocycles. The molecule has 0 unspecified atom stereocenters. The standard InChI is InChI=1S/C17H15ClN2O6/c18-11-4-2-1-3-9(11)6-20-12-8-26-7-10(12)15(23)14(17(20)25)16(24)19-5-13(21)22/h1-4,23H,5-8H2,(H,19,24)(H,21,22). The first-order valence-electron chi connectivity index (χ1n) is 7.68. The second-order valence-electron chi connectivity index (χ2n) is 5.70. The first kappa shape index (κ1) is 18.0. The van der Waals surface area contributed by atoms with Crippen molar-refractivity contribution in [3.63, 3.8) is 0 Å². The fraction of sp³-hybridized carbons (Fsp3) is 0.235. The molecule has 1 aromatic carbocycles. The van der Waals surface area contributed by atoms with Gasteiger partial charge in [-0.1, -0.05) is 29.8 Å². The van der Waals surface area contributed by atoms with Crippen molar-refractivity contribution in [1.29, 1.82) is 0 Å². The Morgan fingerprint density at radius 2 is 2.00 bits per heavy atom. The van der Waals surface area contributed by atoms with Gasteiger partial charge in [0.05, 0.1) is 25.5 Å². The second-order valence-corrected chi connectivity index (χ2v) is 6.11. The van der Waals surface area contributed by atoms with Crippen molar-refractivity contribution < 1.29 is 24.5 Å². The Morgan fingerprint density at radius 3 is 2.69 bits per heavy atom. The molecule has 1 aromatic heterocycles. The number of carbonyl (C=O) groups excluding carboxylic acids is 1. The first-order chi connectivity index (χ1) is 12.4. The molecule has 3 N–H and O–H groups in total. The van der Waals surface area contributed by atoms with Crippen LogP contribution in [0.2, 0.25) is 5.02 Å². The summed E-state index contributed by atoms with van der Waals surface area (Å²) in [5, 5.41) is 21.6. The lowest BCUT2D eigenvalue weighted by Gasteiger charge is -2.16. The molecular weight excluding hydrogens is 364 g/mol. The Kier molecular flexibility index (Phi) is 4.97. The number of ether oxygens (including phenoxy) is 1. The number of hydrogen-bond acceptors (Lipinski definition) is 5. The highest BCUT2D eigenvalue weighted by molar-refractivity contribution is 6.31. The van der Waals surface area contributed by atoms with Crippen molar-refractivity contribution in [2.75, 3.05) is 6.54 Å². The molecular formula is C17H15ClN2O6. The van der Waals surface area contributed by atoms with E-state index in [9.17, 15) is 19.5 Å². The first-order valence-corrected chi connectivity index (χ1v) is 8.06. The summed E-state index contributed by atoms with van der Waals surface area (Å²) in [7, 11) is 0. The molecule has 0 spiro atoms. The van der Waals surface area contributed by atoms with Crippen LogP contribution < -0.4 is 10.9 Å². The van der Waals surface area contributed by atoms with Crippen LogP contribution in [-0.4, -0.2) is 33.2 Å². The summed E-state index contributed by atoms with van der Waals surface area (Å²) < 4.78 is 6.63. The van der Waals surface area contributed by atoms with E-state index in [-0.39, 0.29) is 19.8 Å². The Morgan fingerprint density at radius 1 is 1.27 bits per heavy atom. The molecule has 1 aliphatic heterocycles. The monoisotopic (exact) mass is 378 g/mol. The van der Waals surface area contributed by atoms with Crippen LogP contribution in [0.25, 0.3) is 0 Å². The quantitative estimate of drug-likeness (QED) is 0.717. The molecule has 0 fully saturated rings. The van der Waals surface area contributed by atoms with Gasteiger partial charge in [-0.3, -0.25) is 14.4 Å². The van der Waals surface area contributed by atoms with Gasteiger partial charge in [-0.15, -0.1) is 0 Å². The minimum atomic E-state index is -1.27. The van der Waals surface area contributed by atoms with E-state index in [1.807, 2.05) is 0 Å². The zero-order valence-corrected chi connectivity index (χ0v) is 14.2. The maximum atomic E-state index is 12.8. The summed E-state index contributed by atoms with van der Waals surface area (Å²) in [6.07, 6.45) is 0. The van der Waals surface area contributed by atoms with E-state index in [4.69, 9.17) is 21.4 Å². The van der Waals surface area contributed by atoms with Crippen LogP contribution >= 0.6 is 11.6 Å². The van der Waals surface area contributed by atoms with Gasteiger partial charge in [0.25, 0.3) is 11.5 Å². The molecule has 0 radical (unpaired) electrons. The topological polar surface area (TPSA) is 118 Å². The van der Waals surface area contributed by atoms with E-state index in [0.717, 1.165) is 0 Å². The molecule has 0 saturated carbocycles. The molecule has 0 aliphatic carbocycles. The molecule has 1 aliphatic rings. The summed E-state index contributed by atoms with van der Waals surface area (Å²) in [5.41, 5.74) is 0.199. The number of carboxylic acid groups (broad SMARTS) is 1. The van der Waals surface area contributed by atoms with Crippen LogP contribution in [0.4, 0.5) is 0 Å². The van der Waals surface area contributed by atoms with Gasteiger partial charge in [-0.2, -0.15) is 0 Å². The summed E-state index contributed by atoms with van der Waals surface area (Å²) in [6, 6.07) is 6.95. The van der Waals surface area contributed by atoms with Crippen LogP contribution in [0.3, 0.4) is 0 Å². The van der Waals surface area contributed by atoms with Crippen molar-refractivity contribution >= 4 is 23.5 Å². The van der Waals surface area contributed by atoms with E-state index in [1.165, 1.54) is 4.57 Å². The summed E-state index contributed by atoms with van der Waals surface area (Å²) >= 11 is 6.16. The number of carboxylic acids is 1. The highest BCUT2D eigenvalue weighted by atomic mass is 35.5. The highest BCUT2D eigenvalue weighted by Gasteiger charge is 2.29. The Balaban J connectivity index is 2.10. The fourth-order valence-corrected chi connectivity index (χ4v) is 2.98. The number of amides is 1. The summed E-state index contributed by atoms with van der Waals surface area (Å²) in [4.78, 5) is 35.7. The van der Waals surface area contributed by atoms with E-state index < -0.39 is 35.3 Å². The Hall–Kier alpha value is -2.84. The van der Waals surface area contributed by atoms with Crippen molar-refractivity contribution in [3.8, 4) is 5.75 Å².